The molecule has 1 aliphatic rings. The molecule has 0 saturated carbocycles. The van der Waals surface area contributed by atoms with Gasteiger partial charge in [0.15, 0.2) is 0 Å². The third kappa shape index (κ3) is 4.91. The van der Waals surface area contributed by atoms with Crippen LogP contribution >= 0.6 is 11.3 Å². The van der Waals surface area contributed by atoms with Gasteiger partial charge in [-0.1, -0.05) is 11.3 Å². The van der Waals surface area contributed by atoms with Crippen LogP contribution in [0.15, 0.2) is 47.3 Å². The lowest BCUT2D eigenvalue weighted by atomic mass is 9.87. The van der Waals surface area contributed by atoms with Crippen molar-refractivity contribution in [3.63, 3.8) is 0 Å². The van der Waals surface area contributed by atoms with Gasteiger partial charge >= 0.3 is 11.0 Å². The van der Waals surface area contributed by atoms with Crippen LogP contribution in [0.1, 0.15) is 24.8 Å². The van der Waals surface area contributed by atoms with E-state index in [0.717, 1.165) is 28.2 Å². The van der Waals surface area contributed by atoms with Crippen LogP contribution in [0.3, 0.4) is 0 Å². The Morgan fingerprint density at radius 1 is 1.16 bits per heavy atom. The number of halogens is 3. The number of anilines is 2. The first-order valence-corrected chi connectivity index (χ1v) is 10.5. The minimum atomic E-state index is -4.38. The minimum Gasteiger partial charge on any atom is -0.389 e. The number of alkyl halides is 3. The van der Waals surface area contributed by atoms with Crippen molar-refractivity contribution in [1.29, 1.82) is 0 Å². The fourth-order valence-corrected chi connectivity index (χ4v) is 4.52. The molecule has 2 heterocycles. The second-order valence-electron chi connectivity index (χ2n) is 7.71. The fraction of sp³-hybridized carbons (Fsp3) is 0.333. The van der Waals surface area contributed by atoms with Crippen LogP contribution in [-0.4, -0.2) is 34.7 Å². The third-order valence-corrected chi connectivity index (χ3v) is 6.29. The molecule has 4 rings (SSSR count). The van der Waals surface area contributed by atoms with Crippen LogP contribution in [0.5, 0.6) is 0 Å². The van der Waals surface area contributed by atoms with Gasteiger partial charge in [-0.25, -0.2) is 0 Å². The van der Waals surface area contributed by atoms with Crippen molar-refractivity contribution in [3.05, 3.63) is 57.7 Å². The van der Waals surface area contributed by atoms with Gasteiger partial charge in [-0.05, 0) is 55.3 Å². The molecule has 0 aliphatic carbocycles. The quantitative estimate of drug-likeness (QED) is 0.561. The first-order chi connectivity index (χ1) is 14.6. The molecule has 1 aromatic heterocycles. The Morgan fingerprint density at radius 2 is 1.84 bits per heavy atom. The number of hydrogen-bond acceptors (Lipinski definition) is 5. The Hall–Kier alpha value is -2.85. The van der Waals surface area contributed by atoms with E-state index in [1.165, 1.54) is 12.1 Å². The summed E-state index contributed by atoms with van der Waals surface area (Å²) in [7, 11) is 0. The van der Waals surface area contributed by atoms with Gasteiger partial charge in [0, 0.05) is 24.5 Å². The number of fused-ring (bicyclic) bond motifs is 1. The first kappa shape index (κ1) is 21.4. The van der Waals surface area contributed by atoms with Gasteiger partial charge in [0.05, 0.1) is 27.8 Å². The number of benzene rings is 2. The zero-order chi connectivity index (χ0) is 22.2. The highest BCUT2D eigenvalue weighted by Gasteiger charge is 2.35. The molecule has 10 heteroatoms. The molecule has 6 nitrogen and oxygen atoms in total. The van der Waals surface area contributed by atoms with Crippen molar-refractivity contribution in [3.8, 4) is 0 Å². The SMILES string of the molecule is O=C(CC1(O)CCN(c2ccc(C(F)(F)F)cc2)CC1)Nc1ccc2[nH]c(=O)sc2c1. The maximum absolute atomic E-state index is 12.7. The highest BCUT2D eigenvalue weighted by Crippen LogP contribution is 2.33. The Bertz CT molecular complexity index is 1150. The van der Waals surface area contributed by atoms with Crippen molar-refractivity contribution in [1.82, 2.24) is 4.98 Å². The summed E-state index contributed by atoms with van der Waals surface area (Å²) in [5.74, 6) is -0.340. The summed E-state index contributed by atoms with van der Waals surface area (Å²) in [6, 6.07) is 10.0. The first-order valence-electron chi connectivity index (χ1n) is 9.69. The zero-order valence-electron chi connectivity index (χ0n) is 16.3. The summed E-state index contributed by atoms with van der Waals surface area (Å²) in [6.45, 7) is 0.858. The van der Waals surface area contributed by atoms with Gasteiger partial charge in [0.2, 0.25) is 5.91 Å². The van der Waals surface area contributed by atoms with Gasteiger partial charge in [-0.2, -0.15) is 13.2 Å². The molecule has 1 fully saturated rings. The van der Waals surface area contributed by atoms with E-state index in [0.29, 0.717) is 42.8 Å². The number of amides is 1. The number of nitrogens with zero attached hydrogens (tertiary/aromatic N) is 1. The predicted molar refractivity (Wildman–Crippen MR) is 114 cm³/mol. The average molecular weight is 451 g/mol. The van der Waals surface area contributed by atoms with Gasteiger partial charge < -0.3 is 20.3 Å². The number of hydrogen-bond donors (Lipinski definition) is 3. The molecular formula is C21H20F3N3O3S. The normalized spacial score (nSPS) is 16.5. The van der Waals surface area contributed by atoms with Crippen LogP contribution < -0.4 is 15.1 Å². The van der Waals surface area contributed by atoms with E-state index in [4.69, 9.17) is 0 Å². The third-order valence-electron chi connectivity index (χ3n) is 5.45. The maximum Gasteiger partial charge on any atom is 0.416 e. The minimum absolute atomic E-state index is 0.0880. The lowest BCUT2D eigenvalue weighted by molar-refractivity contribution is -0.137. The van der Waals surface area contributed by atoms with Crippen LogP contribution in [0.4, 0.5) is 24.5 Å². The molecule has 0 bridgehead atoms. The number of rotatable bonds is 4. The number of aromatic amines is 1. The van der Waals surface area contributed by atoms with Gasteiger partial charge in [-0.3, -0.25) is 9.59 Å². The van der Waals surface area contributed by atoms with Crippen molar-refractivity contribution < 1.29 is 23.1 Å². The molecule has 0 radical (unpaired) electrons. The summed E-state index contributed by atoms with van der Waals surface area (Å²) in [5.41, 5.74) is 0.000754. The monoisotopic (exact) mass is 451 g/mol. The van der Waals surface area contributed by atoms with E-state index in [9.17, 15) is 27.9 Å². The molecule has 1 amide bonds. The van der Waals surface area contributed by atoms with Crippen LogP contribution in [0, 0.1) is 0 Å². The summed E-state index contributed by atoms with van der Waals surface area (Å²) in [5, 5.41) is 13.6. The van der Waals surface area contributed by atoms with E-state index in [-0.39, 0.29) is 17.2 Å². The largest absolute Gasteiger partial charge is 0.416 e. The molecule has 31 heavy (non-hydrogen) atoms. The Kier molecular flexibility index (Phi) is 5.52. The molecule has 3 aromatic rings. The highest BCUT2D eigenvalue weighted by atomic mass is 32.1. The summed E-state index contributed by atoms with van der Waals surface area (Å²) in [4.78, 5) is 28.3. The maximum atomic E-state index is 12.7. The predicted octanol–water partition coefficient (Wildman–Crippen LogP) is 3.97. The topological polar surface area (TPSA) is 85.4 Å². The number of H-pyrrole nitrogens is 1. The fourth-order valence-electron chi connectivity index (χ4n) is 3.75. The number of thiazole rings is 1. The Balaban J connectivity index is 1.34. The summed E-state index contributed by atoms with van der Waals surface area (Å²) >= 11 is 1.05. The van der Waals surface area contributed by atoms with Crippen molar-refractivity contribution in [2.24, 2.45) is 0 Å². The van der Waals surface area contributed by atoms with Gasteiger partial charge in [-0.15, -0.1) is 0 Å². The van der Waals surface area contributed by atoms with Crippen molar-refractivity contribution in [2.45, 2.75) is 31.0 Å². The highest BCUT2D eigenvalue weighted by molar-refractivity contribution is 7.16. The Labute approximate surface area is 179 Å². The summed E-state index contributed by atoms with van der Waals surface area (Å²) < 4.78 is 38.9. The van der Waals surface area contributed by atoms with E-state index in [1.807, 2.05) is 4.90 Å². The summed E-state index contributed by atoms with van der Waals surface area (Å²) in [6.07, 6.45) is -3.83. The average Bonchev–Trinajstić information content (AvgIpc) is 3.07. The zero-order valence-corrected chi connectivity index (χ0v) is 17.1. The number of carbonyl (C=O) groups excluding carboxylic acids is 1. The van der Waals surface area contributed by atoms with Gasteiger partial charge in [0.25, 0.3) is 0 Å². The molecule has 3 N–H and O–H groups in total. The lowest BCUT2D eigenvalue weighted by Crippen LogP contribution is -2.46. The molecule has 164 valence electrons. The number of carbonyl (C=O) groups is 1. The molecule has 0 spiro atoms. The van der Waals surface area contributed by atoms with Crippen LogP contribution in [-0.2, 0) is 11.0 Å². The number of aromatic nitrogens is 1. The van der Waals surface area contributed by atoms with Gasteiger partial charge in [0.1, 0.15) is 0 Å². The second-order valence-corrected chi connectivity index (χ2v) is 8.72. The molecule has 1 aliphatic heterocycles. The molecule has 0 unspecified atom stereocenters. The van der Waals surface area contributed by atoms with Crippen molar-refractivity contribution in [2.75, 3.05) is 23.3 Å². The van der Waals surface area contributed by atoms with Crippen molar-refractivity contribution >= 4 is 38.8 Å². The standard InChI is InChI=1S/C21H20F3N3O3S/c22-21(23,24)13-1-4-15(5-2-13)27-9-7-20(30,8-10-27)12-18(28)25-14-3-6-16-17(11-14)31-19(29)26-16/h1-6,11,30H,7-10,12H2,(H,25,28)(H,26,29). The van der Waals surface area contributed by atoms with E-state index in [2.05, 4.69) is 10.3 Å². The van der Waals surface area contributed by atoms with E-state index < -0.39 is 17.3 Å². The second kappa shape index (κ2) is 8.01. The lowest BCUT2D eigenvalue weighted by Gasteiger charge is -2.39. The Morgan fingerprint density at radius 3 is 2.48 bits per heavy atom. The van der Waals surface area contributed by atoms with E-state index in [1.54, 1.807) is 18.2 Å². The smallest absolute Gasteiger partial charge is 0.389 e. The molecule has 0 atom stereocenters. The number of nitrogens with one attached hydrogen (secondary N) is 2. The number of aliphatic hydroxyl groups is 1. The molecular weight excluding hydrogens is 431 g/mol. The van der Waals surface area contributed by atoms with Crippen LogP contribution in [0.2, 0.25) is 0 Å². The van der Waals surface area contributed by atoms with Crippen LogP contribution in [0.25, 0.3) is 10.2 Å². The number of piperidine rings is 1. The molecule has 1 saturated heterocycles. The molecule has 2 aromatic carbocycles. The van der Waals surface area contributed by atoms with E-state index >= 15 is 0 Å².